The topological polar surface area (TPSA) is 0 Å². The van der Waals surface area contributed by atoms with Gasteiger partial charge in [0.25, 0.3) is 0 Å². The smallest absolute Gasteiger partial charge is 0.0342 e. The van der Waals surface area contributed by atoms with Crippen molar-refractivity contribution < 1.29 is 0 Å². The summed E-state index contributed by atoms with van der Waals surface area (Å²) in [6, 6.07) is 0. The van der Waals surface area contributed by atoms with Gasteiger partial charge in [-0.2, -0.15) is 0 Å². The van der Waals surface area contributed by atoms with E-state index >= 15 is 0 Å². The van der Waals surface area contributed by atoms with Crippen LogP contribution in [0.4, 0.5) is 0 Å². The molecule has 0 aromatic carbocycles. The molecule has 98 valence electrons. The van der Waals surface area contributed by atoms with Gasteiger partial charge in [0.05, 0.1) is 0 Å². The zero-order chi connectivity index (χ0) is 12.6. The third kappa shape index (κ3) is 10.4. The second kappa shape index (κ2) is 12.4. The van der Waals surface area contributed by atoms with Crippen molar-refractivity contribution in [3.8, 4) is 0 Å². The van der Waals surface area contributed by atoms with Gasteiger partial charge in [-0.3, -0.25) is 0 Å². The zero-order valence-corrected chi connectivity index (χ0v) is 20.2. The van der Waals surface area contributed by atoms with Crippen LogP contribution in [-0.2, 0) is 0 Å². The summed E-state index contributed by atoms with van der Waals surface area (Å²) >= 11 is 12.9. The van der Waals surface area contributed by atoms with E-state index in [9.17, 15) is 0 Å². The van der Waals surface area contributed by atoms with Crippen LogP contribution in [0.5, 0.6) is 0 Å². The average Bonchev–Trinajstić information content (AvgIpc) is 2.26. The molecule has 0 N–H and O–H groups in total. The minimum Gasteiger partial charge on any atom is -0.0852 e. The lowest BCUT2D eigenvalue weighted by Gasteiger charge is -2.19. The molecule has 5 heteroatoms. The summed E-state index contributed by atoms with van der Waals surface area (Å²) in [6.45, 7) is 2.32. The van der Waals surface area contributed by atoms with Crippen molar-refractivity contribution in [1.29, 1.82) is 0 Å². The molecule has 0 saturated carbocycles. The lowest BCUT2D eigenvalue weighted by Crippen LogP contribution is -2.21. The lowest BCUT2D eigenvalue weighted by molar-refractivity contribution is 0.610. The first-order valence-electron chi connectivity index (χ1n) is 5.61. The minimum absolute atomic E-state index is 0.790. The first-order chi connectivity index (χ1) is 7.49. The van der Waals surface area contributed by atoms with E-state index in [1.807, 2.05) is 0 Å². The maximum absolute atomic E-state index is 2.64. The van der Waals surface area contributed by atoms with Gasteiger partial charge in [-0.1, -0.05) is 139 Å². The third-order valence-corrected chi connectivity index (χ3v) is 13.1. The van der Waals surface area contributed by atoms with Crippen molar-refractivity contribution in [2.75, 3.05) is 4.43 Å². The second-order valence-corrected chi connectivity index (χ2v) is 11.7. The van der Waals surface area contributed by atoms with Crippen LogP contribution < -0.4 is 0 Å². The molecule has 0 heterocycles. The Morgan fingerprint density at radius 2 is 1.44 bits per heavy atom. The van der Waals surface area contributed by atoms with Crippen molar-refractivity contribution in [2.45, 2.75) is 54.7 Å². The summed E-state index contributed by atoms with van der Waals surface area (Å²) in [5, 5.41) is 0. The van der Waals surface area contributed by atoms with E-state index in [1.165, 1.54) is 36.5 Å². The Bertz CT molecular complexity index is 162. The Balaban J connectivity index is 3.44. The molecular weight excluding hydrogens is 767 g/mol. The molecule has 0 nitrogen and oxygen atoms in total. The van der Waals surface area contributed by atoms with E-state index in [-0.39, 0.29) is 0 Å². The van der Waals surface area contributed by atoms with Gasteiger partial charge >= 0.3 is 0 Å². The standard InChI is InChI=1S/C11H19I5/c1-8(13)11(16)10(15)6-4-2-3-5-9(14)7-12/h8-11H,2-7H2,1H3. The van der Waals surface area contributed by atoms with Gasteiger partial charge in [-0.05, 0) is 12.8 Å². The highest BCUT2D eigenvalue weighted by Gasteiger charge is 2.19. The Kier molecular flexibility index (Phi) is 15.2. The van der Waals surface area contributed by atoms with E-state index in [0.29, 0.717) is 0 Å². The average molecular weight is 786 g/mol. The van der Waals surface area contributed by atoms with E-state index in [1.54, 1.807) is 0 Å². The van der Waals surface area contributed by atoms with Gasteiger partial charge in [0, 0.05) is 20.1 Å². The van der Waals surface area contributed by atoms with Crippen LogP contribution >= 0.6 is 113 Å². The highest BCUT2D eigenvalue weighted by Crippen LogP contribution is 2.28. The van der Waals surface area contributed by atoms with Gasteiger partial charge in [0.1, 0.15) is 0 Å². The number of hydrogen-bond donors (Lipinski definition) is 0. The van der Waals surface area contributed by atoms with Crippen LogP contribution in [0.1, 0.15) is 39.0 Å². The summed E-state index contributed by atoms with van der Waals surface area (Å²) in [4.78, 5) is 0. The fourth-order valence-corrected chi connectivity index (χ4v) is 5.01. The number of alkyl halides is 5. The predicted octanol–water partition coefficient (Wildman–Crippen LogP) is 6.61. The number of rotatable bonds is 9. The SMILES string of the molecule is CC(I)C(I)C(I)CCCCCC(I)CI. The first-order valence-corrected chi connectivity index (χ1v) is 12.1. The van der Waals surface area contributed by atoms with Crippen LogP contribution in [0.25, 0.3) is 0 Å². The highest BCUT2D eigenvalue weighted by molar-refractivity contribution is 14.1. The number of hydrogen-bond acceptors (Lipinski definition) is 0. The monoisotopic (exact) mass is 786 g/mol. The second-order valence-electron chi connectivity index (χ2n) is 4.03. The van der Waals surface area contributed by atoms with Crippen LogP contribution in [0.2, 0.25) is 0 Å². The maximum Gasteiger partial charge on any atom is 0.0342 e. The van der Waals surface area contributed by atoms with Crippen molar-refractivity contribution in [3.63, 3.8) is 0 Å². The van der Waals surface area contributed by atoms with Crippen molar-refractivity contribution >= 4 is 113 Å². The minimum atomic E-state index is 0.790. The quantitative estimate of drug-likeness (QED) is 0.141. The molecule has 0 bridgehead atoms. The molecule has 0 aromatic heterocycles. The Hall–Kier alpha value is 3.65. The molecule has 16 heavy (non-hydrogen) atoms. The van der Waals surface area contributed by atoms with Crippen LogP contribution in [0.15, 0.2) is 0 Å². The van der Waals surface area contributed by atoms with E-state index < -0.39 is 0 Å². The third-order valence-electron chi connectivity index (χ3n) is 2.45. The molecule has 0 aliphatic rings. The predicted molar refractivity (Wildman–Crippen MR) is 119 cm³/mol. The molecule has 0 spiro atoms. The Morgan fingerprint density at radius 1 is 0.875 bits per heavy atom. The molecule has 0 aliphatic carbocycles. The van der Waals surface area contributed by atoms with E-state index in [2.05, 4.69) is 120 Å². The lowest BCUT2D eigenvalue weighted by atomic mass is 10.1. The summed E-state index contributed by atoms with van der Waals surface area (Å²) in [6.07, 6.45) is 7.07. The van der Waals surface area contributed by atoms with E-state index in [0.717, 1.165) is 15.7 Å². The van der Waals surface area contributed by atoms with Crippen molar-refractivity contribution in [1.82, 2.24) is 0 Å². The molecule has 0 radical (unpaired) electrons. The molecule has 0 aromatic rings. The summed E-state index contributed by atoms with van der Waals surface area (Å²) in [5.74, 6) is 0. The van der Waals surface area contributed by atoms with Crippen LogP contribution in [0, 0.1) is 0 Å². The van der Waals surface area contributed by atoms with Gasteiger partial charge < -0.3 is 0 Å². The van der Waals surface area contributed by atoms with Gasteiger partial charge in [-0.15, -0.1) is 0 Å². The largest absolute Gasteiger partial charge is 0.0852 e. The molecule has 0 aliphatic heterocycles. The number of unbranched alkanes of at least 4 members (excludes halogenated alkanes) is 2. The van der Waals surface area contributed by atoms with Gasteiger partial charge in [0.2, 0.25) is 0 Å². The fourth-order valence-electron chi connectivity index (χ4n) is 1.41. The van der Waals surface area contributed by atoms with Crippen LogP contribution in [0.3, 0.4) is 0 Å². The highest BCUT2D eigenvalue weighted by atomic mass is 127. The molecule has 0 rings (SSSR count). The Labute approximate surface area is 169 Å². The van der Waals surface area contributed by atoms with Gasteiger partial charge in [-0.25, -0.2) is 0 Å². The summed E-state index contributed by atoms with van der Waals surface area (Å²) in [5.41, 5.74) is 0. The molecule has 4 unspecified atom stereocenters. The summed E-state index contributed by atoms with van der Waals surface area (Å²) in [7, 11) is 0. The molecule has 0 amide bonds. The fraction of sp³-hybridized carbons (Fsp3) is 1.00. The normalized spacial score (nSPS) is 19.1. The molecular formula is C11H19I5. The maximum atomic E-state index is 2.64. The van der Waals surface area contributed by atoms with Crippen LogP contribution in [-0.4, -0.2) is 20.1 Å². The van der Waals surface area contributed by atoms with Crippen molar-refractivity contribution in [3.05, 3.63) is 0 Å². The Morgan fingerprint density at radius 3 is 1.94 bits per heavy atom. The molecule has 0 saturated heterocycles. The number of halogens is 5. The van der Waals surface area contributed by atoms with Gasteiger partial charge in [0.15, 0.2) is 0 Å². The summed E-state index contributed by atoms with van der Waals surface area (Å²) < 4.78 is 4.66. The molecule has 0 fully saturated rings. The van der Waals surface area contributed by atoms with Crippen molar-refractivity contribution in [2.24, 2.45) is 0 Å². The molecule has 4 atom stereocenters. The van der Waals surface area contributed by atoms with E-state index in [4.69, 9.17) is 0 Å². The zero-order valence-electron chi connectivity index (χ0n) is 9.44. The first kappa shape index (κ1) is 19.7.